The SMILES string of the molecule is O=C(C=Cc1ccc(Br)s1)Oc1cc(F)ccc1[N+](=O)[O-]. The first-order valence-electron chi connectivity index (χ1n) is 5.55. The Bertz CT molecular complexity index is 729. The van der Waals surface area contributed by atoms with E-state index < -0.39 is 28.1 Å². The molecule has 0 atom stereocenters. The number of carbonyl (C=O) groups excluding carboxylic acids is 1. The summed E-state index contributed by atoms with van der Waals surface area (Å²) >= 11 is 4.68. The molecule has 0 saturated carbocycles. The van der Waals surface area contributed by atoms with Crippen LogP contribution in [0.15, 0.2) is 40.2 Å². The second kappa shape index (κ2) is 6.59. The van der Waals surface area contributed by atoms with E-state index in [1.54, 1.807) is 6.07 Å². The van der Waals surface area contributed by atoms with Crippen molar-refractivity contribution in [2.45, 2.75) is 0 Å². The molecule has 1 heterocycles. The van der Waals surface area contributed by atoms with Gasteiger partial charge in [-0.05, 0) is 40.2 Å². The van der Waals surface area contributed by atoms with E-state index in [1.165, 1.54) is 17.4 Å². The second-order valence-electron chi connectivity index (χ2n) is 3.77. The standard InChI is InChI=1S/C13H7BrFNO4S/c14-12-5-2-9(21-12)3-6-13(17)20-11-7-8(15)1-4-10(11)16(18)19/h1-7H. The van der Waals surface area contributed by atoms with E-state index >= 15 is 0 Å². The highest BCUT2D eigenvalue weighted by molar-refractivity contribution is 9.11. The average Bonchev–Trinajstić information content (AvgIpc) is 2.82. The van der Waals surface area contributed by atoms with E-state index in [0.29, 0.717) is 0 Å². The van der Waals surface area contributed by atoms with E-state index in [1.807, 2.05) is 6.07 Å². The lowest BCUT2D eigenvalue weighted by atomic mass is 10.3. The van der Waals surface area contributed by atoms with Crippen LogP contribution in [0.5, 0.6) is 5.75 Å². The van der Waals surface area contributed by atoms with Crippen LogP contribution in [0.1, 0.15) is 4.88 Å². The largest absolute Gasteiger partial charge is 0.416 e. The summed E-state index contributed by atoms with van der Waals surface area (Å²) in [5.74, 6) is -1.98. The van der Waals surface area contributed by atoms with Gasteiger partial charge >= 0.3 is 11.7 Å². The smallest absolute Gasteiger partial charge is 0.336 e. The van der Waals surface area contributed by atoms with E-state index in [0.717, 1.165) is 32.9 Å². The summed E-state index contributed by atoms with van der Waals surface area (Å²) in [6, 6.07) is 6.26. The third-order valence-electron chi connectivity index (χ3n) is 2.31. The Hall–Kier alpha value is -2.06. The highest BCUT2D eigenvalue weighted by Gasteiger charge is 2.17. The molecule has 0 saturated heterocycles. The molecule has 0 fully saturated rings. The van der Waals surface area contributed by atoms with Crippen LogP contribution in [-0.4, -0.2) is 10.9 Å². The lowest BCUT2D eigenvalue weighted by Gasteiger charge is -2.02. The summed E-state index contributed by atoms with van der Waals surface area (Å²) in [5.41, 5.74) is -0.475. The molecular weight excluding hydrogens is 365 g/mol. The molecule has 0 N–H and O–H groups in total. The van der Waals surface area contributed by atoms with Gasteiger partial charge in [0, 0.05) is 23.1 Å². The Morgan fingerprint density at radius 3 is 2.76 bits per heavy atom. The van der Waals surface area contributed by atoms with Crippen LogP contribution in [0.2, 0.25) is 0 Å². The molecule has 108 valence electrons. The van der Waals surface area contributed by atoms with E-state index in [4.69, 9.17) is 4.74 Å². The molecule has 0 bridgehead atoms. The van der Waals surface area contributed by atoms with Gasteiger partial charge in [-0.1, -0.05) is 0 Å². The lowest BCUT2D eigenvalue weighted by molar-refractivity contribution is -0.385. The van der Waals surface area contributed by atoms with Gasteiger partial charge in [-0.25, -0.2) is 9.18 Å². The predicted octanol–water partition coefficient (Wildman–Crippen LogP) is 4.18. The van der Waals surface area contributed by atoms with Crippen LogP contribution in [-0.2, 0) is 4.79 Å². The van der Waals surface area contributed by atoms with E-state index in [2.05, 4.69) is 15.9 Å². The number of nitrogens with zero attached hydrogens (tertiary/aromatic N) is 1. The van der Waals surface area contributed by atoms with Gasteiger partial charge in [-0.3, -0.25) is 10.1 Å². The summed E-state index contributed by atoms with van der Waals surface area (Å²) in [6.45, 7) is 0. The van der Waals surface area contributed by atoms with Gasteiger partial charge in [0.2, 0.25) is 5.75 Å². The zero-order chi connectivity index (χ0) is 15.4. The minimum absolute atomic E-state index is 0.429. The van der Waals surface area contributed by atoms with E-state index in [9.17, 15) is 19.3 Å². The van der Waals surface area contributed by atoms with Crippen LogP contribution in [0.4, 0.5) is 10.1 Å². The summed E-state index contributed by atoms with van der Waals surface area (Å²) in [7, 11) is 0. The Morgan fingerprint density at radius 2 is 2.14 bits per heavy atom. The molecule has 0 unspecified atom stereocenters. The maximum Gasteiger partial charge on any atom is 0.336 e. The maximum atomic E-state index is 13.1. The van der Waals surface area contributed by atoms with Gasteiger partial charge in [-0.2, -0.15) is 0 Å². The van der Waals surface area contributed by atoms with Gasteiger partial charge in [0.05, 0.1) is 8.71 Å². The molecule has 0 amide bonds. The number of nitro groups is 1. The first-order valence-corrected chi connectivity index (χ1v) is 7.16. The molecule has 0 aliphatic carbocycles. The number of nitro benzene ring substituents is 1. The van der Waals surface area contributed by atoms with Crippen molar-refractivity contribution in [2.24, 2.45) is 0 Å². The number of halogens is 2. The van der Waals surface area contributed by atoms with Crippen LogP contribution in [0.3, 0.4) is 0 Å². The van der Waals surface area contributed by atoms with Crippen molar-refractivity contribution in [3.63, 3.8) is 0 Å². The van der Waals surface area contributed by atoms with Gasteiger partial charge < -0.3 is 4.74 Å². The Kier molecular flexibility index (Phi) is 4.81. The van der Waals surface area contributed by atoms with Crippen LogP contribution in [0.25, 0.3) is 6.08 Å². The Morgan fingerprint density at radius 1 is 1.38 bits per heavy atom. The molecule has 0 radical (unpaired) electrons. The topological polar surface area (TPSA) is 69.4 Å². The normalized spacial score (nSPS) is 10.8. The molecular formula is C13H7BrFNO4S. The quantitative estimate of drug-likeness (QED) is 0.266. The summed E-state index contributed by atoms with van der Waals surface area (Å²) < 4.78 is 18.8. The van der Waals surface area contributed by atoms with Crippen molar-refractivity contribution >= 4 is 45.0 Å². The minimum atomic E-state index is -0.826. The Balaban J connectivity index is 2.14. The van der Waals surface area contributed by atoms with Crippen molar-refractivity contribution < 1.29 is 18.8 Å². The van der Waals surface area contributed by atoms with Crippen molar-refractivity contribution in [1.29, 1.82) is 0 Å². The number of hydrogen-bond acceptors (Lipinski definition) is 5. The second-order valence-corrected chi connectivity index (χ2v) is 6.26. The van der Waals surface area contributed by atoms with Gasteiger partial charge in [0.15, 0.2) is 0 Å². The molecule has 2 aromatic rings. The lowest BCUT2D eigenvalue weighted by Crippen LogP contribution is -2.06. The number of ether oxygens (including phenoxy) is 1. The van der Waals surface area contributed by atoms with E-state index in [-0.39, 0.29) is 0 Å². The molecule has 2 rings (SSSR count). The van der Waals surface area contributed by atoms with Crippen molar-refractivity contribution in [2.75, 3.05) is 0 Å². The van der Waals surface area contributed by atoms with Gasteiger partial charge in [-0.15, -0.1) is 11.3 Å². The summed E-state index contributed by atoms with van der Waals surface area (Å²) in [6.07, 6.45) is 2.62. The molecule has 8 heteroatoms. The molecule has 21 heavy (non-hydrogen) atoms. The van der Waals surface area contributed by atoms with Crippen LogP contribution < -0.4 is 4.74 Å². The predicted molar refractivity (Wildman–Crippen MR) is 79.7 cm³/mol. The Labute approximate surface area is 130 Å². The summed E-state index contributed by atoms with van der Waals surface area (Å²) in [4.78, 5) is 22.4. The fourth-order valence-electron chi connectivity index (χ4n) is 1.43. The highest BCUT2D eigenvalue weighted by Crippen LogP contribution is 2.28. The molecule has 0 spiro atoms. The van der Waals surface area contributed by atoms with Crippen molar-refractivity contribution in [3.8, 4) is 5.75 Å². The average molecular weight is 372 g/mol. The molecule has 5 nitrogen and oxygen atoms in total. The maximum absolute atomic E-state index is 13.1. The zero-order valence-corrected chi connectivity index (χ0v) is 12.7. The number of thiophene rings is 1. The third kappa shape index (κ3) is 4.20. The number of esters is 1. The minimum Gasteiger partial charge on any atom is -0.416 e. The molecule has 0 aliphatic rings. The van der Waals surface area contributed by atoms with Crippen LogP contribution in [0, 0.1) is 15.9 Å². The monoisotopic (exact) mass is 371 g/mol. The molecule has 0 aliphatic heterocycles. The first-order chi connectivity index (χ1) is 9.95. The first kappa shape index (κ1) is 15.3. The molecule has 1 aromatic heterocycles. The van der Waals surface area contributed by atoms with Crippen LogP contribution >= 0.6 is 27.3 Å². The number of carbonyl (C=O) groups is 1. The van der Waals surface area contributed by atoms with Gasteiger partial charge in [0.1, 0.15) is 5.82 Å². The highest BCUT2D eigenvalue weighted by atomic mass is 79.9. The van der Waals surface area contributed by atoms with Crippen molar-refractivity contribution in [3.05, 3.63) is 61.0 Å². The fourth-order valence-corrected chi connectivity index (χ4v) is 2.76. The number of rotatable bonds is 4. The van der Waals surface area contributed by atoms with Gasteiger partial charge in [0.25, 0.3) is 0 Å². The number of hydrogen-bond donors (Lipinski definition) is 0. The van der Waals surface area contributed by atoms with Crippen molar-refractivity contribution in [1.82, 2.24) is 0 Å². The fraction of sp³-hybridized carbons (Fsp3) is 0. The zero-order valence-electron chi connectivity index (χ0n) is 10.3. The number of benzene rings is 1. The summed E-state index contributed by atoms with van der Waals surface area (Å²) in [5, 5.41) is 10.8. The molecule has 1 aromatic carbocycles. The third-order valence-corrected chi connectivity index (χ3v) is 3.90.